The fraction of sp³-hybridized carbons (Fsp3) is 0.111. The first-order valence-electron chi connectivity index (χ1n) is 7.15. The van der Waals surface area contributed by atoms with Crippen LogP contribution in [0.25, 0.3) is 22.8 Å². The lowest BCUT2D eigenvalue weighted by Gasteiger charge is -2.01. The maximum absolute atomic E-state index is 11.5. The molecule has 3 rings (SSSR count). The molecule has 0 aliphatic heterocycles. The van der Waals surface area contributed by atoms with Crippen molar-refractivity contribution in [2.75, 3.05) is 14.2 Å². The molecule has 2 aromatic carbocycles. The summed E-state index contributed by atoms with van der Waals surface area (Å²) in [6.07, 6.45) is 0. The Bertz CT molecular complexity index is 850. The number of oxazole rings is 1. The molecular weight excluding hydrogens is 310 g/mol. The molecule has 0 atom stereocenters. The van der Waals surface area contributed by atoms with Gasteiger partial charge < -0.3 is 19.0 Å². The van der Waals surface area contributed by atoms with Crippen molar-refractivity contribution in [3.8, 4) is 34.3 Å². The number of aromatic nitrogens is 1. The number of hydrogen-bond donors (Lipinski definition) is 1. The molecule has 1 heterocycles. The average Bonchev–Trinajstić information content (AvgIpc) is 3.07. The number of benzene rings is 2. The van der Waals surface area contributed by atoms with Crippen molar-refractivity contribution in [2.45, 2.75) is 0 Å². The molecule has 122 valence electrons. The minimum Gasteiger partial charge on any atom is -0.497 e. The lowest BCUT2D eigenvalue weighted by Crippen LogP contribution is -1.98. The monoisotopic (exact) mass is 325 g/mol. The van der Waals surface area contributed by atoms with E-state index in [1.54, 1.807) is 62.8 Å². The van der Waals surface area contributed by atoms with Gasteiger partial charge in [0.1, 0.15) is 11.5 Å². The predicted molar refractivity (Wildman–Crippen MR) is 87.4 cm³/mol. The number of carboxylic acids is 1. The van der Waals surface area contributed by atoms with Crippen LogP contribution in [-0.2, 0) is 0 Å². The SMILES string of the molecule is COc1ccc(-c2nc(C(=O)O)c(-c3ccc(OC)cc3)o2)cc1. The summed E-state index contributed by atoms with van der Waals surface area (Å²) in [5.74, 6) is 0.658. The van der Waals surface area contributed by atoms with Gasteiger partial charge in [0.15, 0.2) is 11.5 Å². The van der Waals surface area contributed by atoms with E-state index < -0.39 is 5.97 Å². The quantitative estimate of drug-likeness (QED) is 0.770. The van der Waals surface area contributed by atoms with Gasteiger partial charge in [-0.05, 0) is 48.5 Å². The first-order chi connectivity index (χ1) is 11.6. The normalized spacial score (nSPS) is 10.4. The minimum atomic E-state index is -1.15. The Hall–Kier alpha value is -3.28. The highest BCUT2D eigenvalue weighted by molar-refractivity contribution is 5.93. The molecular formula is C18H15NO5. The van der Waals surface area contributed by atoms with E-state index in [1.807, 2.05) is 0 Å². The van der Waals surface area contributed by atoms with E-state index in [2.05, 4.69) is 4.98 Å². The highest BCUT2D eigenvalue weighted by Crippen LogP contribution is 2.31. The fourth-order valence-electron chi connectivity index (χ4n) is 2.26. The van der Waals surface area contributed by atoms with Gasteiger partial charge in [0.2, 0.25) is 5.89 Å². The third-order valence-electron chi connectivity index (χ3n) is 3.52. The summed E-state index contributed by atoms with van der Waals surface area (Å²) in [5.41, 5.74) is 1.14. The molecule has 0 radical (unpaired) electrons. The lowest BCUT2D eigenvalue weighted by molar-refractivity contribution is 0.0691. The summed E-state index contributed by atoms with van der Waals surface area (Å²) < 4.78 is 15.9. The van der Waals surface area contributed by atoms with Crippen molar-refractivity contribution in [3.63, 3.8) is 0 Å². The third-order valence-corrected chi connectivity index (χ3v) is 3.52. The van der Waals surface area contributed by atoms with E-state index in [9.17, 15) is 9.90 Å². The summed E-state index contributed by atoms with van der Waals surface area (Å²) in [5, 5.41) is 9.40. The number of ether oxygens (including phenoxy) is 2. The summed E-state index contributed by atoms with van der Waals surface area (Å²) >= 11 is 0. The van der Waals surface area contributed by atoms with E-state index in [1.165, 1.54) is 0 Å². The second-order valence-electron chi connectivity index (χ2n) is 4.96. The highest BCUT2D eigenvalue weighted by atomic mass is 16.5. The van der Waals surface area contributed by atoms with Crippen LogP contribution in [0.2, 0.25) is 0 Å². The van der Waals surface area contributed by atoms with Gasteiger partial charge in [-0.3, -0.25) is 0 Å². The van der Waals surface area contributed by atoms with Crippen LogP contribution in [0.1, 0.15) is 10.5 Å². The van der Waals surface area contributed by atoms with Crippen molar-refractivity contribution in [1.82, 2.24) is 4.98 Å². The molecule has 0 unspecified atom stereocenters. The van der Waals surface area contributed by atoms with E-state index in [0.717, 1.165) is 0 Å². The van der Waals surface area contributed by atoms with Gasteiger partial charge in [-0.25, -0.2) is 9.78 Å². The van der Waals surface area contributed by atoms with Crippen LogP contribution in [0, 0.1) is 0 Å². The molecule has 0 aliphatic carbocycles. The zero-order valence-corrected chi connectivity index (χ0v) is 13.1. The number of hydrogen-bond acceptors (Lipinski definition) is 5. The van der Waals surface area contributed by atoms with Crippen molar-refractivity contribution in [1.29, 1.82) is 0 Å². The van der Waals surface area contributed by atoms with Gasteiger partial charge in [-0.1, -0.05) is 0 Å². The second-order valence-corrected chi connectivity index (χ2v) is 4.96. The number of nitrogens with zero attached hydrogens (tertiary/aromatic N) is 1. The Morgan fingerprint density at radius 2 is 1.42 bits per heavy atom. The maximum Gasteiger partial charge on any atom is 0.358 e. The molecule has 6 nitrogen and oxygen atoms in total. The Morgan fingerprint density at radius 3 is 1.88 bits per heavy atom. The Kier molecular flexibility index (Phi) is 4.20. The number of carboxylic acid groups (broad SMARTS) is 1. The van der Waals surface area contributed by atoms with Crippen LogP contribution in [-0.4, -0.2) is 30.3 Å². The van der Waals surface area contributed by atoms with E-state index in [4.69, 9.17) is 13.9 Å². The first kappa shape index (κ1) is 15.6. The molecule has 0 amide bonds. The van der Waals surface area contributed by atoms with Crippen LogP contribution >= 0.6 is 0 Å². The van der Waals surface area contributed by atoms with Crippen molar-refractivity contribution < 1.29 is 23.8 Å². The number of carbonyl (C=O) groups is 1. The predicted octanol–water partition coefficient (Wildman–Crippen LogP) is 3.72. The molecule has 0 saturated carbocycles. The molecule has 1 N–H and O–H groups in total. The van der Waals surface area contributed by atoms with Gasteiger partial charge >= 0.3 is 5.97 Å². The van der Waals surface area contributed by atoms with E-state index in [0.29, 0.717) is 22.6 Å². The van der Waals surface area contributed by atoms with Crippen LogP contribution in [0.3, 0.4) is 0 Å². The molecule has 0 saturated heterocycles. The van der Waals surface area contributed by atoms with Gasteiger partial charge in [0.05, 0.1) is 14.2 Å². The number of rotatable bonds is 5. The first-order valence-corrected chi connectivity index (χ1v) is 7.15. The third kappa shape index (κ3) is 2.94. The molecule has 0 spiro atoms. The molecule has 0 fully saturated rings. The van der Waals surface area contributed by atoms with Crippen LogP contribution in [0.5, 0.6) is 11.5 Å². The van der Waals surface area contributed by atoms with Crippen LogP contribution in [0.15, 0.2) is 52.9 Å². The molecule has 1 aromatic heterocycles. The number of aromatic carboxylic acids is 1. The standard InChI is InChI=1S/C18H15NO5/c1-22-13-7-3-11(4-8-13)16-15(18(20)21)19-17(24-16)12-5-9-14(23-2)10-6-12/h3-10H,1-2H3,(H,20,21). The Balaban J connectivity index is 2.05. The molecule has 24 heavy (non-hydrogen) atoms. The van der Waals surface area contributed by atoms with Crippen molar-refractivity contribution >= 4 is 5.97 Å². The van der Waals surface area contributed by atoms with Gasteiger partial charge in [-0.15, -0.1) is 0 Å². The van der Waals surface area contributed by atoms with E-state index >= 15 is 0 Å². The minimum absolute atomic E-state index is 0.133. The summed E-state index contributed by atoms with van der Waals surface area (Å²) in [4.78, 5) is 15.6. The van der Waals surface area contributed by atoms with Crippen molar-refractivity contribution in [2.24, 2.45) is 0 Å². The molecule has 0 bridgehead atoms. The topological polar surface area (TPSA) is 81.8 Å². The smallest absolute Gasteiger partial charge is 0.358 e. The summed E-state index contributed by atoms with van der Waals surface area (Å²) in [6.45, 7) is 0. The molecule has 3 aromatic rings. The van der Waals surface area contributed by atoms with Gasteiger partial charge in [0, 0.05) is 11.1 Å². The Morgan fingerprint density at radius 1 is 0.917 bits per heavy atom. The molecule has 6 heteroatoms. The highest BCUT2D eigenvalue weighted by Gasteiger charge is 2.21. The average molecular weight is 325 g/mol. The zero-order chi connectivity index (χ0) is 17.1. The van der Waals surface area contributed by atoms with Crippen LogP contribution < -0.4 is 9.47 Å². The maximum atomic E-state index is 11.5. The fourth-order valence-corrected chi connectivity index (χ4v) is 2.26. The van der Waals surface area contributed by atoms with Gasteiger partial charge in [-0.2, -0.15) is 0 Å². The largest absolute Gasteiger partial charge is 0.497 e. The van der Waals surface area contributed by atoms with Gasteiger partial charge in [0.25, 0.3) is 0 Å². The Labute approximate surface area is 138 Å². The second kappa shape index (κ2) is 6.45. The summed E-state index contributed by atoms with van der Waals surface area (Å²) in [7, 11) is 3.14. The van der Waals surface area contributed by atoms with Crippen LogP contribution in [0.4, 0.5) is 0 Å². The summed E-state index contributed by atoms with van der Waals surface area (Å²) in [6, 6.07) is 13.9. The zero-order valence-electron chi connectivity index (χ0n) is 13.1. The van der Waals surface area contributed by atoms with Crippen molar-refractivity contribution in [3.05, 3.63) is 54.2 Å². The number of methoxy groups -OCH3 is 2. The molecule has 0 aliphatic rings. The van der Waals surface area contributed by atoms with E-state index in [-0.39, 0.29) is 17.3 Å². The lowest BCUT2D eigenvalue weighted by atomic mass is 10.1.